The maximum atomic E-state index is 11.0. The molecule has 5 nitrogen and oxygen atoms in total. The Morgan fingerprint density at radius 2 is 2.00 bits per heavy atom. The average molecular weight is 332 g/mol. The number of nitro benzene ring substituents is 1. The van der Waals surface area contributed by atoms with Gasteiger partial charge >= 0.3 is 5.69 Å². The lowest BCUT2D eigenvalue weighted by Crippen LogP contribution is -2.02. The van der Waals surface area contributed by atoms with Crippen molar-refractivity contribution < 1.29 is 14.8 Å². The maximum absolute atomic E-state index is 11.0. The van der Waals surface area contributed by atoms with Gasteiger partial charge in [-0.1, -0.05) is 22.4 Å². The standard InChI is InChI=1S/C13H18BrNO4/c1-10-8-11(14)9-12(15(17)18)13(10)19-7-5-3-2-4-6-16/h8-9,16H,2-7H2,1H3. The third kappa shape index (κ3) is 5.16. The number of unbranched alkanes of at least 4 members (excludes halogenated alkanes) is 3. The first kappa shape index (κ1) is 15.9. The van der Waals surface area contributed by atoms with Crippen molar-refractivity contribution in [2.45, 2.75) is 32.6 Å². The first-order chi connectivity index (χ1) is 9.06. The van der Waals surface area contributed by atoms with Gasteiger partial charge in [-0.3, -0.25) is 10.1 Å². The fourth-order valence-electron chi connectivity index (χ4n) is 1.78. The molecule has 0 aliphatic rings. The van der Waals surface area contributed by atoms with Crippen molar-refractivity contribution in [1.82, 2.24) is 0 Å². The predicted molar refractivity (Wildman–Crippen MR) is 76.6 cm³/mol. The number of benzene rings is 1. The van der Waals surface area contributed by atoms with Crippen LogP contribution in [0, 0.1) is 17.0 Å². The zero-order valence-electron chi connectivity index (χ0n) is 10.9. The Labute approximate surface area is 120 Å². The molecule has 1 N–H and O–H groups in total. The number of halogens is 1. The van der Waals surface area contributed by atoms with Gasteiger partial charge in [0.1, 0.15) is 0 Å². The van der Waals surface area contributed by atoms with E-state index in [9.17, 15) is 10.1 Å². The van der Waals surface area contributed by atoms with Crippen LogP contribution in [0.15, 0.2) is 16.6 Å². The smallest absolute Gasteiger partial charge is 0.312 e. The van der Waals surface area contributed by atoms with Crippen molar-refractivity contribution >= 4 is 21.6 Å². The van der Waals surface area contributed by atoms with E-state index in [1.807, 2.05) is 0 Å². The molecule has 0 heterocycles. The van der Waals surface area contributed by atoms with Crippen molar-refractivity contribution in [2.24, 2.45) is 0 Å². The van der Waals surface area contributed by atoms with Gasteiger partial charge in [-0.05, 0) is 37.8 Å². The summed E-state index contributed by atoms with van der Waals surface area (Å²) in [5.74, 6) is 0.343. The van der Waals surface area contributed by atoms with Crippen LogP contribution in [0.4, 0.5) is 5.69 Å². The van der Waals surface area contributed by atoms with Gasteiger partial charge in [-0.25, -0.2) is 0 Å². The van der Waals surface area contributed by atoms with Crippen LogP contribution in [-0.2, 0) is 0 Å². The van der Waals surface area contributed by atoms with E-state index in [-0.39, 0.29) is 12.3 Å². The zero-order chi connectivity index (χ0) is 14.3. The number of nitrogens with zero attached hydrogens (tertiary/aromatic N) is 1. The number of hydrogen-bond acceptors (Lipinski definition) is 4. The SMILES string of the molecule is Cc1cc(Br)cc([N+](=O)[O-])c1OCCCCCCO. The van der Waals surface area contributed by atoms with Crippen LogP contribution in [0.5, 0.6) is 5.75 Å². The Morgan fingerprint density at radius 1 is 1.32 bits per heavy atom. The Bertz CT molecular complexity index is 437. The molecule has 0 spiro atoms. The molecule has 0 unspecified atom stereocenters. The minimum absolute atomic E-state index is 0.0118. The van der Waals surface area contributed by atoms with Crippen LogP contribution in [0.3, 0.4) is 0 Å². The molecule has 0 aliphatic heterocycles. The van der Waals surface area contributed by atoms with E-state index in [4.69, 9.17) is 9.84 Å². The third-order valence-electron chi connectivity index (χ3n) is 2.72. The summed E-state index contributed by atoms with van der Waals surface area (Å²) in [5.41, 5.74) is 0.735. The second-order valence-corrected chi connectivity index (χ2v) is 5.23. The fourth-order valence-corrected chi connectivity index (χ4v) is 2.34. The molecule has 0 aromatic heterocycles. The zero-order valence-corrected chi connectivity index (χ0v) is 12.5. The van der Waals surface area contributed by atoms with E-state index in [0.717, 1.165) is 31.2 Å². The molecule has 0 bridgehead atoms. The minimum Gasteiger partial charge on any atom is -0.487 e. The largest absolute Gasteiger partial charge is 0.487 e. The number of nitro groups is 1. The van der Waals surface area contributed by atoms with Crippen molar-refractivity contribution in [2.75, 3.05) is 13.2 Å². The van der Waals surface area contributed by atoms with Crippen LogP contribution in [-0.4, -0.2) is 23.2 Å². The minimum atomic E-state index is -0.432. The van der Waals surface area contributed by atoms with Crippen molar-refractivity contribution in [3.63, 3.8) is 0 Å². The van der Waals surface area contributed by atoms with Gasteiger partial charge < -0.3 is 9.84 Å². The van der Waals surface area contributed by atoms with Crippen LogP contribution >= 0.6 is 15.9 Å². The number of hydrogen-bond donors (Lipinski definition) is 1. The summed E-state index contributed by atoms with van der Waals surface area (Å²) in [4.78, 5) is 10.5. The number of aliphatic hydroxyl groups is 1. The van der Waals surface area contributed by atoms with E-state index in [1.165, 1.54) is 6.07 Å². The molecule has 106 valence electrons. The fraction of sp³-hybridized carbons (Fsp3) is 0.538. The lowest BCUT2D eigenvalue weighted by molar-refractivity contribution is -0.386. The highest BCUT2D eigenvalue weighted by atomic mass is 79.9. The number of aryl methyl sites for hydroxylation is 1. The normalized spacial score (nSPS) is 10.5. The highest BCUT2D eigenvalue weighted by Gasteiger charge is 2.18. The molecule has 0 fully saturated rings. The van der Waals surface area contributed by atoms with E-state index in [2.05, 4.69) is 15.9 Å². The molecule has 0 saturated carbocycles. The van der Waals surface area contributed by atoms with E-state index < -0.39 is 4.92 Å². The molecule has 1 rings (SSSR count). The van der Waals surface area contributed by atoms with Crippen molar-refractivity contribution in [3.8, 4) is 5.75 Å². The van der Waals surface area contributed by atoms with Crippen LogP contribution in [0.25, 0.3) is 0 Å². The maximum Gasteiger partial charge on any atom is 0.312 e. The second-order valence-electron chi connectivity index (χ2n) is 4.31. The van der Waals surface area contributed by atoms with Crippen molar-refractivity contribution in [3.05, 3.63) is 32.3 Å². The topological polar surface area (TPSA) is 72.6 Å². The molecule has 6 heteroatoms. The number of rotatable bonds is 8. The first-order valence-corrected chi connectivity index (χ1v) is 7.03. The van der Waals surface area contributed by atoms with Crippen molar-refractivity contribution in [1.29, 1.82) is 0 Å². The first-order valence-electron chi connectivity index (χ1n) is 6.24. The van der Waals surface area contributed by atoms with E-state index >= 15 is 0 Å². The summed E-state index contributed by atoms with van der Waals surface area (Å²) >= 11 is 3.24. The molecule has 0 radical (unpaired) electrons. The van der Waals surface area contributed by atoms with Gasteiger partial charge in [-0.2, -0.15) is 0 Å². The van der Waals surface area contributed by atoms with Gasteiger partial charge in [0.05, 0.1) is 11.5 Å². The summed E-state index contributed by atoms with van der Waals surface area (Å²) < 4.78 is 6.21. The quantitative estimate of drug-likeness (QED) is 0.448. The van der Waals surface area contributed by atoms with Gasteiger partial charge in [0.25, 0.3) is 0 Å². The van der Waals surface area contributed by atoms with Crippen LogP contribution in [0.1, 0.15) is 31.2 Å². The molecule has 19 heavy (non-hydrogen) atoms. The third-order valence-corrected chi connectivity index (χ3v) is 3.17. The summed E-state index contributed by atoms with van der Waals surface area (Å²) in [6.07, 6.45) is 3.51. The lowest BCUT2D eigenvalue weighted by Gasteiger charge is -2.10. The van der Waals surface area contributed by atoms with Gasteiger partial charge in [0.2, 0.25) is 0 Å². The molecule has 1 aromatic rings. The number of aliphatic hydroxyl groups excluding tert-OH is 1. The Morgan fingerprint density at radius 3 is 2.63 bits per heavy atom. The molecule has 0 saturated heterocycles. The molecular weight excluding hydrogens is 314 g/mol. The summed E-state index contributed by atoms with van der Waals surface area (Å²) in [7, 11) is 0. The van der Waals surface area contributed by atoms with Crippen LogP contribution in [0.2, 0.25) is 0 Å². The molecule has 0 amide bonds. The van der Waals surface area contributed by atoms with E-state index in [0.29, 0.717) is 16.8 Å². The Balaban J connectivity index is 2.59. The highest BCUT2D eigenvalue weighted by Crippen LogP contribution is 2.34. The highest BCUT2D eigenvalue weighted by molar-refractivity contribution is 9.10. The summed E-state index contributed by atoms with van der Waals surface area (Å²) in [5, 5.41) is 19.6. The Kier molecular flexibility index (Phi) is 6.80. The van der Waals surface area contributed by atoms with E-state index in [1.54, 1.807) is 13.0 Å². The molecule has 1 aromatic carbocycles. The summed E-state index contributed by atoms with van der Waals surface area (Å²) in [6.45, 7) is 2.45. The number of ether oxygens (including phenoxy) is 1. The van der Waals surface area contributed by atoms with Gasteiger partial charge in [0.15, 0.2) is 5.75 Å². The average Bonchev–Trinajstić information content (AvgIpc) is 2.34. The summed E-state index contributed by atoms with van der Waals surface area (Å²) in [6, 6.07) is 3.25. The van der Waals surface area contributed by atoms with Gasteiger partial charge in [0, 0.05) is 17.1 Å². The predicted octanol–water partition coefficient (Wildman–Crippen LogP) is 3.60. The molecule has 0 aliphatic carbocycles. The van der Waals surface area contributed by atoms with Crippen LogP contribution < -0.4 is 4.74 Å². The Hall–Kier alpha value is -1.14. The second kappa shape index (κ2) is 8.12. The van der Waals surface area contributed by atoms with Gasteiger partial charge in [-0.15, -0.1) is 0 Å². The monoisotopic (exact) mass is 331 g/mol. The lowest BCUT2D eigenvalue weighted by atomic mass is 10.2. The molecule has 0 atom stereocenters. The molecular formula is C13H18BrNO4.